The first-order valence-corrected chi connectivity index (χ1v) is 7.57. The van der Waals surface area contributed by atoms with Gasteiger partial charge in [0.15, 0.2) is 0 Å². The van der Waals surface area contributed by atoms with Crippen molar-refractivity contribution in [1.29, 1.82) is 0 Å². The van der Waals surface area contributed by atoms with Crippen LogP contribution in [0.4, 0.5) is 0 Å². The van der Waals surface area contributed by atoms with Crippen molar-refractivity contribution in [2.24, 2.45) is 0 Å². The molecule has 1 aromatic rings. The minimum Gasteiger partial charge on any atom is -0.313 e. The largest absolute Gasteiger partial charge is 0.313 e. The molecule has 0 saturated heterocycles. The Labute approximate surface area is 102 Å². The molecule has 15 heavy (non-hydrogen) atoms. The Hall–Kier alpha value is 0.01000. The van der Waals surface area contributed by atoms with Crippen LogP contribution in [0.2, 0.25) is 0 Å². The Morgan fingerprint density at radius 1 is 1.47 bits per heavy atom. The zero-order chi connectivity index (χ0) is 11.1. The van der Waals surface area contributed by atoms with Crippen molar-refractivity contribution in [3.63, 3.8) is 0 Å². The van der Waals surface area contributed by atoms with E-state index in [4.69, 9.17) is 0 Å². The molecule has 1 atom stereocenters. The molecule has 1 unspecified atom stereocenters. The molecule has 1 nitrogen and oxygen atoms in total. The third-order valence-corrected chi connectivity index (χ3v) is 4.18. The maximum Gasteiger partial charge on any atom is 0.0198 e. The number of nitrogens with one attached hydrogen (secondary N) is 1. The summed E-state index contributed by atoms with van der Waals surface area (Å²) in [5.74, 6) is 1.21. The lowest BCUT2D eigenvalue weighted by Crippen LogP contribution is -2.33. The summed E-state index contributed by atoms with van der Waals surface area (Å²) in [5, 5.41) is 8.71. The van der Waals surface area contributed by atoms with Gasteiger partial charge in [-0.15, -0.1) is 0 Å². The Kier molecular flexibility index (Phi) is 6.37. The number of likely N-dealkylation sites (N-methyl/N-ethyl adjacent to an activating group) is 1. The summed E-state index contributed by atoms with van der Waals surface area (Å²) in [5.41, 5.74) is 1.47. The van der Waals surface area contributed by atoms with E-state index < -0.39 is 0 Å². The molecule has 0 spiro atoms. The van der Waals surface area contributed by atoms with Crippen LogP contribution in [0.25, 0.3) is 0 Å². The van der Waals surface area contributed by atoms with E-state index in [0.717, 1.165) is 18.2 Å². The summed E-state index contributed by atoms with van der Waals surface area (Å²) in [6, 6.07) is 2.85. The monoisotopic (exact) mass is 243 g/mol. The molecule has 0 amide bonds. The fourth-order valence-corrected chi connectivity index (χ4v) is 3.02. The summed E-state index contributed by atoms with van der Waals surface area (Å²) in [6.07, 6.45) is 1.16. The molecule has 0 aliphatic rings. The minimum absolute atomic E-state index is 0.622. The molecule has 0 aliphatic carbocycles. The van der Waals surface area contributed by atoms with Gasteiger partial charge in [0.1, 0.15) is 0 Å². The predicted molar refractivity (Wildman–Crippen MR) is 73.1 cm³/mol. The van der Waals surface area contributed by atoms with E-state index in [1.54, 1.807) is 11.3 Å². The first-order chi connectivity index (χ1) is 7.22. The van der Waals surface area contributed by atoms with Gasteiger partial charge in [0.05, 0.1) is 0 Å². The molecule has 1 rings (SSSR count). The van der Waals surface area contributed by atoms with Crippen molar-refractivity contribution in [1.82, 2.24) is 5.32 Å². The standard InChI is InChI=1S/C12H21NS2/c1-4-13-12(9-15-10(2)3)7-11-5-6-14-8-11/h5-6,8,10,12-13H,4,7,9H2,1-3H3. The van der Waals surface area contributed by atoms with E-state index in [1.165, 1.54) is 11.3 Å². The Morgan fingerprint density at radius 2 is 2.27 bits per heavy atom. The highest BCUT2D eigenvalue weighted by molar-refractivity contribution is 7.99. The second-order valence-corrected chi connectivity index (χ2v) is 6.36. The number of hydrogen-bond acceptors (Lipinski definition) is 3. The molecule has 86 valence electrons. The van der Waals surface area contributed by atoms with E-state index in [1.807, 2.05) is 11.8 Å². The van der Waals surface area contributed by atoms with Gasteiger partial charge < -0.3 is 5.32 Å². The first kappa shape index (κ1) is 13.1. The maximum atomic E-state index is 3.56. The average Bonchev–Trinajstić information content (AvgIpc) is 2.67. The lowest BCUT2D eigenvalue weighted by Gasteiger charge is -2.18. The van der Waals surface area contributed by atoms with Crippen LogP contribution in [0.5, 0.6) is 0 Å². The van der Waals surface area contributed by atoms with Gasteiger partial charge in [0.25, 0.3) is 0 Å². The predicted octanol–water partition coefficient (Wildman–Crippen LogP) is 3.41. The number of thioether (sulfide) groups is 1. The lowest BCUT2D eigenvalue weighted by molar-refractivity contribution is 0.573. The van der Waals surface area contributed by atoms with E-state index in [9.17, 15) is 0 Å². The Bertz CT molecular complexity index is 244. The van der Waals surface area contributed by atoms with Gasteiger partial charge in [-0.25, -0.2) is 0 Å². The third kappa shape index (κ3) is 5.59. The summed E-state index contributed by atoms with van der Waals surface area (Å²) in [4.78, 5) is 0. The highest BCUT2D eigenvalue weighted by Gasteiger charge is 2.09. The summed E-state index contributed by atoms with van der Waals surface area (Å²) < 4.78 is 0. The van der Waals surface area contributed by atoms with Crippen LogP contribution in [-0.2, 0) is 6.42 Å². The molecule has 1 aromatic heterocycles. The van der Waals surface area contributed by atoms with E-state index in [2.05, 4.69) is 42.9 Å². The number of rotatable bonds is 7. The van der Waals surface area contributed by atoms with Crippen LogP contribution in [0.15, 0.2) is 16.8 Å². The zero-order valence-electron chi connectivity index (χ0n) is 9.82. The quantitative estimate of drug-likeness (QED) is 0.787. The van der Waals surface area contributed by atoms with Crippen LogP contribution < -0.4 is 5.32 Å². The molecule has 1 N–H and O–H groups in total. The second-order valence-electron chi connectivity index (χ2n) is 3.97. The Balaban J connectivity index is 2.36. The molecule has 0 fully saturated rings. The molecule has 0 aromatic carbocycles. The van der Waals surface area contributed by atoms with Crippen molar-refractivity contribution >= 4 is 23.1 Å². The average molecular weight is 243 g/mol. The van der Waals surface area contributed by atoms with Gasteiger partial charge in [0, 0.05) is 11.8 Å². The van der Waals surface area contributed by atoms with E-state index >= 15 is 0 Å². The van der Waals surface area contributed by atoms with Gasteiger partial charge >= 0.3 is 0 Å². The van der Waals surface area contributed by atoms with Gasteiger partial charge in [-0.2, -0.15) is 23.1 Å². The highest BCUT2D eigenvalue weighted by Crippen LogP contribution is 2.15. The smallest absolute Gasteiger partial charge is 0.0198 e. The molecule has 1 heterocycles. The van der Waals surface area contributed by atoms with Crippen LogP contribution >= 0.6 is 23.1 Å². The van der Waals surface area contributed by atoms with Gasteiger partial charge in [-0.05, 0) is 40.6 Å². The van der Waals surface area contributed by atoms with Crippen LogP contribution in [0.1, 0.15) is 26.3 Å². The third-order valence-electron chi connectivity index (χ3n) is 2.19. The second kappa shape index (κ2) is 7.31. The zero-order valence-corrected chi connectivity index (χ0v) is 11.5. The van der Waals surface area contributed by atoms with Crippen LogP contribution in [-0.4, -0.2) is 23.6 Å². The van der Waals surface area contributed by atoms with E-state index in [-0.39, 0.29) is 0 Å². The highest BCUT2D eigenvalue weighted by atomic mass is 32.2. The van der Waals surface area contributed by atoms with Gasteiger partial charge in [0.2, 0.25) is 0 Å². The number of thiophene rings is 1. The van der Waals surface area contributed by atoms with Crippen LogP contribution in [0, 0.1) is 0 Å². The minimum atomic E-state index is 0.622. The summed E-state index contributed by atoms with van der Waals surface area (Å²) >= 11 is 3.83. The SMILES string of the molecule is CCNC(CSC(C)C)Cc1ccsc1. The molecule has 0 saturated carbocycles. The van der Waals surface area contributed by atoms with Gasteiger partial charge in [-0.1, -0.05) is 20.8 Å². The van der Waals surface area contributed by atoms with Crippen molar-refractivity contribution in [3.05, 3.63) is 22.4 Å². The van der Waals surface area contributed by atoms with Crippen molar-refractivity contribution in [2.45, 2.75) is 38.5 Å². The molecule has 3 heteroatoms. The maximum absolute atomic E-state index is 3.56. The summed E-state index contributed by atoms with van der Waals surface area (Å²) in [7, 11) is 0. The molecule has 0 aliphatic heterocycles. The van der Waals surface area contributed by atoms with Crippen LogP contribution in [0.3, 0.4) is 0 Å². The fourth-order valence-electron chi connectivity index (χ4n) is 1.48. The van der Waals surface area contributed by atoms with Crippen molar-refractivity contribution in [3.8, 4) is 0 Å². The molecular formula is C12H21NS2. The number of hydrogen-bond donors (Lipinski definition) is 1. The first-order valence-electron chi connectivity index (χ1n) is 5.58. The Morgan fingerprint density at radius 3 is 2.80 bits per heavy atom. The van der Waals surface area contributed by atoms with E-state index in [0.29, 0.717) is 6.04 Å². The molecule has 0 bridgehead atoms. The van der Waals surface area contributed by atoms with Gasteiger partial charge in [-0.3, -0.25) is 0 Å². The van der Waals surface area contributed by atoms with Crippen molar-refractivity contribution in [2.75, 3.05) is 12.3 Å². The fraction of sp³-hybridized carbons (Fsp3) is 0.667. The molecule has 0 radical (unpaired) electrons. The normalized spacial score (nSPS) is 13.3. The van der Waals surface area contributed by atoms with Crippen molar-refractivity contribution < 1.29 is 0 Å². The molecular weight excluding hydrogens is 222 g/mol. The topological polar surface area (TPSA) is 12.0 Å². The lowest BCUT2D eigenvalue weighted by atomic mass is 10.1. The summed E-state index contributed by atoms with van der Waals surface area (Å²) in [6.45, 7) is 7.77.